The highest BCUT2D eigenvalue weighted by atomic mass is 35.5. The second kappa shape index (κ2) is 8.39. The highest BCUT2D eigenvalue weighted by Crippen LogP contribution is 2.43. The maximum absolute atomic E-state index is 13.7. The maximum atomic E-state index is 13.7. The molecule has 1 aromatic heterocycles. The van der Waals surface area contributed by atoms with Crippen molar-refractivity contribution in [2.45, 2.75) is 13.0 Å². The van der Waals surface area contributed by atoms with Crippen LogP contribution >= 0.6 is 11.6 Å². The molecular weight excluding hydrogens is 454 g/mol. The standard InChI is InChI=1S/C27H20ClNO5/c1-15-5-3-6-16(11-15)24-23(25(30)22-13-17-12-18(28)9-10-21(17)34-22)26(31)27(32)29(24)19-7-4-8-20(14-19)33-2/h3-14,24,31H,1-2H3. The fourth-order valence-corrected chi connectivity index (χ4v) is 4.46. The third-order valence-electron chi connectivity index (χ3n) is 5.84. The summed E-state index contributed by atoms with van der Waals surface area (Å²) in [5, 5.41) is 12.1. The van der Waals surface area contributed by atoms with E-state index in [4.69, 9.17) is 20.8 Å². The van der Waals surface area contributed by atoms with Crippen molar-refractivity contribution in [1.29, 1.82) is 0 Å². The summed E-state index contributed by atoms with van der Waals surface area (Å²) in [7, 11) is 1.53. The van der Waals surface area contributed by atoms with Crippen LogP contribution in [0.15, 0.2) is 88.5 Å². The number of ether oxygens (including phenoxy) is 1. The SMILES string of the molecule is COc1cccc(N2C(=O)C(O)=C(C(=O)c3cc4cc(Cl)ccc4o3)C2c2cccc(C)c2)c1. The number of anilines is 1. The molecule has 1 N–H and O–H groups in total. The van der Waals surface area contributed by atoms with Crippen LogP contribution in [-0.2, 0) is 4.79 Å². The Morgan fingerprint density at radius 2 is 1.85 bits per heavy atom. The predicted octanol–water partition coefficient (Wildman–Crippen LogP) is 6.19. The van der Waals surface area contributed by atoms with Gasteiger partial charge in [0.25, 0.3) is 5.91 Å². The van der Waals surface area contributed by atoms with Gasteiger partial charge in [-0.2, -0.15) is 0 Å². The fraction of sp³-hybridized carbons (Fsp3) is 0.111. The first-order valence-corrected chi connectivity index (χ1v) is 11.0. The van der Waals surface area contributed by atoms with Gasteiger partial charge in [0, 0.05) is 22.2 Å². The number of aryl methyl sites for hydroxylation is 1. The molecule has 5 rings (SSSR count). The van der Waals surface area contributed by atoms with Crippen LogP contribution in [0.3, 0.4) is 0 Å². The van der Waals surface area contributed by atoms with E-state index in [0.717, 1.165) is 5.56 Å². The number of furan rings is 1. The molecule has 0 spiro atoms. The third-order valence-corrected chi connectivity index (χ3v) is 6.08. The first-order chi connectivity index (χ1) is 16.4. The lowest BCUT2D eigenvalue weighted by molar-refractivity contribution is -0.117. The van der Waals surface area contributed by atoms with Gasteiger partial charge in [-0.1, -0.05) is 47.5 Å². The van der Waals surface area contributed by atoms with Crippen molar-refractivity contribution in [3.05, 3.63) is 106 Å². The number of aliphatic hydroxyl groups excluding tert-OH is 1. The molecule has 0 fully saturated rings. The summed E-state index contributed by atoms with van der Waals surface area (Å²) in [6, 6.07) is 20.1. The molecule has 0 bridgehead atoms. The summed E-state index contributed by atoms with van der Waals surface area (Å²) in [6.45, 7) is 1.92. The van der Waals surface area contributed by atoms with Crippen LogP contribution < -0.4 is 9.64 Å². The van der Waals surface area contributed by atoms with Crippen LogP contribution in [-0.4, -0.2) is 23.9 Å². The lowest BCUT2D eigenvalue weighted by Crippen LogP contribution is -2.31. The molecule has 0 saturated carbocycles. The van der Waals surface area contributed by atoms with Crippen LogP contribution in [0, 0.1) is 6.92 Å². The zero-order valence-corrected chi connectivity index (χ0v) is 19.2. The summed E-state index contributed by atoms with van der Waals surface area (Å²) in [4.78, 5) is 28.4. The molecule has 3 aromatic carbocycles. The number of halogens is 1. The van der Waals surface area contributed by atoms with Crippen LogP contribution in [0.1, 0.15) is 27.7 Å². The molecule has 0 aliphatic carbocycles. The van der Waals surface area contributed by atoms with Crippen LogP contribution in [0.4, 0.5) is 5.69 Å². The van der Waals surface area contributed by atoms with Crippen molar-refractivity contribution >= 4 is 39.9 Å². The summed E-state index contributed by atoms with van der Waals surface area (Å²) in [5.41, 5.74) is 2.55. The number of ketones is 1. The molecule has 7 heteroatoms. The number of benzene rings is 3. The number of carbonyl (C=O) groups is 2. The minimum atomic E-state index is -0.858. The van der Waals surface area contributed by atoms with Gasteiger partial charge < -0.3 is 14.3 Å². The first-order valence-electron chi connectivity index (χ1n) is 10.6. The van der Waals surface area contributed by atoms with Gasteiger partial charge >= 0.3 is 0 Å². The van der Waals surface area contributed by atoms with Gasteiger partial charge in [0.05, 0.1) is 18.7 Å². The van der Waals surface area contributed by atoms with Gasteiger partial charge in [0.2, 0.25) is 5.78 Å². The number of amides is 1. The van der Waals surface area contributed by atoms with Crippen molar-refractivity contribution < 1.29 is 23.8 Å². The topological polar surface area (TPSA) is 80.0 Å². The van der Waals surface area contributed by atoms with E-state index in [1.54, 1.807) is 48.5 Å². The Bertz CT molecular complexity index is 1490. The number of nitrogens with zero attached hydrogens (tertiary/aromatic N) is 1. The van der Waals surface area contributed by atoms with Gasteiger partial charge in [-0.15, -0.1) is 0 Å². The Morgan fingerprint density at radius 1 is 1.06 bits per heavy atom. The monoisotopic (exact) mass is 473 g/mol. The first kappa shape index (κ1) is 21.8. The number of carbonyl (C=O) groups excluding carboxylic acids is 2. The Balaban J connectivity index is 1.67. The largest absolute Gasteiger partial charge is 0.503 e. The highest BCUT2D eigenvalue weighted by Gasteiger charge is 2.45. The summed E-state index contributed by atoms with van der Waals surface area (Å²) in [6.07, 6.45) is 0. The van der Waals surface area contributed by atoms with Crippen molar-refractivity contribution in [1.82, 2.24) is 0 Å². The zero-order valence-electron chi connectivity index (χ0n) is 18.4. The average molecular weight is 474 g/mol. The van der Waals surface area contributed by atoms with Gasteiger partial charge in [0.1, 0.15) is 11.3 Å². The molecule has 1 aliphatic heterocycles. The molecule has 34 heavy (non-hydrogen) atoms. The van der Waals surface area contributed by atoms with Crippen molar-refractivity contribution in [2.75, 3.05) is 12.0 Å². The molecule has 0 saturated heterocycles. The zero-order chi connectivity index (χ0) is 24.0. The molecule has 2 heterocycles. The van der Waals surface area contributed by atoms with Gasteiger partial charge in [-0.25, -0.2) is 0 Å². The van der Waals surface area contributed by atoms with E-state index in [2.05, 4.69) is 0 Å². The summed E-state index contributed by atoms with van der Waals surface area (Å²) >= 11 is 6.07. The average Bonchev–Trinajstić information content (AvgIpc) is 3.37. The number of methoxy groups -OCH3 is 1. The van der Waals surface area contributed by atoms with Crippen LogP contribution in [0.25, 0.3) is 11.0 Å². The number of hydrogen-bond donors (Lipinski definition) is 1. The predicted molar refractivity (Wildman–Crippen MR) is 130 cm³/mol. The van der Waals surface area contributed by atoms with Crippen LogP contribution in [0.2, 0.25) is 5.02 Å². The minimum Gasteiger partial charge on any atom is -0.503 e. The molecular formula is C27H20ClNO5. The third kappa shape index (κ3) is 3.62. The summed E-state index contributed by atoms with van der Waals surface area (Å²) in [5.74, 6) is -1.31. The second-order valence-electron chi connectivity index (χ2n) is 8.08. The van der Waals surface area contributed by atoms with E-state index in [-0.39, 0.29) is 11.3 Å². The smallest absolute Gasteiger partial charge is 0.294 e. The van der Waals surface area contributed by atoms with Crippen molar-refractivity contribution in [2.24, 2.45) is 0 Å². The minimum absolute atomic E-state index is 0.0109. The van der Waals surface area contributed by atoms with E-state index in [9.17, 15) is 14.7 Å². The van der Waals surface area contributed by atoms with Gasteiger partial charge in [-0.3, -0.25) is 14.5 Å². The van der Waals surface area contributed by atoms with Gasteiger partial charge in [0.15, 0.2) is 11.5 Å². The van der Waals surface area contributed by atoms with E-state index in [1.165, 1.54) is 12.0 Å². The van der Waals surface area contributed by atoms with Crippen molar-refractivity contribution in [3.63, 3.8) is 0 Å². The van der Waals surface area contributed by atoms with E-state index >= 15 is 0 Å². The number of fused-ring (bicyclic) bond motifs is 1. The number of aliphatic hydroxyl groups is 1. The summed E-state index contributed by atoms with van der Waals surface area (Å²) < 4.78 is 11.1. The Hall–Kier alpha value is -4.03. The van der Waals surface area contributed by atoms with Gasteiger partial charge in [-0.05, 0) is 48.9 Å². The molecule has 6 nitrogen and oxygen atoms in total. The maximum Gasteiger partial charge on any atom is 0.294 e. The number of hydrogen-bond acceptors (Lipinski definition) is 5. The van der Waals surface area contributed by atoms with Crippen molar-refractivity contribution in [3.8, 4) is 5.75 Å². The van der Waals surface area contributed by atoms with E-state index < -0.39 is 23.5 Å². The molecule has 1 amide bonds. The van der Waals surface area contributed by atoms with E-state index in [1.807, 2.05) is 31.2 Å². The lowest BCUT2D eigenvalue weighted by atomic mass is 9.94. The normalized spacial score (nSPS) is 15.9. The second-order valence-corrected chi connectivity index (χ2v) is 8.51. The molecule has 1 aliphatic rings. The van der Waals surface area contributed by atoms with E-state index in [0.29, 0.717) is 33.0 Å². The van der Waals surface area contributed by atoms with Crippen LogP contribution in [0.5, 0.6) is 5.75 Å². The molecule has 1 unspecified atom stereocenters. The Morgan fingerprint density at radius 3 is 2.62 bits per heavy atom. The quantitative estimate of drug-likeness (QED) is 0.350. The number of Topliss-reactive ketones (excluding diaryl/α,β-unsaturated/α-hetero) is 1. The number of rotatable bonds is 5. The molecule has 170 valence electrons. The Labute approximate surface area is 200 Å². The fourth-order valence-electron chi connectivity index (χ4n) is 4.28. The highest BCUT2D eigenvalue weighted by molar-refractivity contribution is 6.31. The molecule has 0 radical (unpaired) electrons. The Kier molecular flexibility index (Phi) is 5.38. The molecule has 4 aromatic rings. The molecule has 1 atom stereocenters. The lowest BCUT2D eigenvalue weighted by Gasteiger charge is -2.27.